The third-order valence-corrected chi connectivity index (χ3v) is 3.97. The average molecular weight is 124 g/mol. The average Bonchev–Trinajstić information content (AvgIpc) is 2.23. The first-order valence-electron chi connectivity index (χ1n) is 4.14. The summed E-state index contributed by atoms with van der Waals surface area (Å²) >= 11 is 0. The first kappa shape index (κ1) is 5.76. The van der Waals surface area contributed by atoms with E-state index in [1.54, 1.807) is 0 Å². The molecule has 3 fully saturated rings. The van der Waals surface area contributed by atoms with E-state index in [0.717, 1.165) is 23.2 Å². The summed E-state index contributed by atoms with van der Waals surface area (Å²) in [6.07, 6.45) is 3.03. The summed E-state index contributed by atoms with van der Waals surface area (Å²) in [7, 11) is 0. The minimum absolute atomic E-state index is 0.722. The van der Waals surface area contributed by atoms with E-state index < -0.39 is 0 Å². The van der Waals surface area contributed by atoms with Crippen LogP contribution in [0.3, 0.4) is 0 Å². The van der Waals surface area contributed by atoms with Gasteiger partial charge in [-0.05, 0) is 36.0 Å². The molecule has 3 aliphatic rings. The Morgan fingerprint density at radius 2 is 1.56 bits per heavy atom. The van der Waals surface area contributed by atoms with Crippen molar-refractivity contribution in [3.8, 4) is 0 Å². The first-order valence-corrected chi connectivity index (χ1v) is 4.14. The molecule has 2 bridgehead atoms. The van der Waals surface area contributed by atoms with Crippen molar-refractivity contribution in [2.24, 2.45) is 23.2 Å². The van der Waals surface area contributed by atoms with Crippen LogP contribution in [0.1, 0.15) is 33.6 Å². The second kappa shape index (κ2) is 1.36. The lowest BCUT2D eigenvalue weighted by Gasteiger charge is -2.50. The monoisotopic (exact) mass is 124 g/mol. The molecule has 0 aliphatic heterocycles. The summed E-state index contributed by atoms with van der Waals surface area (Å²) in [6.45, 7) is 7.30. The highest BCUT2D eigenvalue weighted by Crippen LogP contribution is 2.65. The fourth-order valence-electron chi connectivity index (χ4n) is 3.42. The molecule has 0 N–H and O–H groups in total. The molecular formula is C9H16. The van der Waals surface area contributed by atoms with Crippen molar-refractivity contribution in [1.29, 1.82) is 0 Å². The highest BCUT2D eigenvalue weighted by molar-refractivity contribution is 5.06. The summed E-state index contributed by atoms with van der Waals surface area (Å²) < 4.78 is 0. The molecule has 52 valence electrons. The van der Waals surface area contributed by atoms with Crippen LogP contribution in [0.5, 0.6) is 0 Å². The van der Waals surface area contributed by atoms with Crippen molar-refractivity contribution in [3.63, 3.8) is 0 Å². The molecule has 0 heteroatoms. The van der Waals surface area contributed by atoms with Gasteiger partial charge in [0.25, 0.3) is 0 Å². The molecule has 0 aromatic carbocycles. The molecule has 3 aliphatic carbocycles. The van der Waals surface area contributed by atoms with Crippen molar-refractivity contribution in [2.45, 2.75) is 33.6 Å². The first-order chi connectivity index (χ1) is 4.14. The third kappa shape index (κ3) is 0.461. The van der Waals surface area contributed by atoms with Crippen LogP contribution in [-0.2, 0) is 0 Å². The molecule has 3 rings (SSSR count). The maximum Gasteiger partial charge on any atom is -0.0292 e. The van der Waals surface area contributed by atoms with Gasteiger partial charge in [-0.2, -0.15) is 0 Å². The van der Waals surface area contributed by atoms with Crippen LogP contribution in [0.4, 0.5) is 0 Å². The van der Waals surface area contributed by atoms with E-state index >= 15 is 0 Å². The molecule has 3 saturated carbocycles. The highest BCUT2D eigenvalue weighted by atomic mass is 14.6. The molecule has 0 heterocycles. The standard InChI is InChI=1S/C9H16/c1-6-7-4-5-8(6)9(7,2)3/h6-8H,4-5H2,1-3H3. The molecule has 0 aromatic rings. The van der Waals surface area contributed by atoms with E-state index in [2.05, 4.69) is 20.8 Å². The van der Waals surface area contributed by atoms with Crippen molar-refractivity contribution in [1.82, 2.24) is 0 Å². The Bertz CT molecular complexity index is 121. The Morgan fingerprint density at radius 1 is 1.11 bits per heavy atom. The second-order valence-corrected chi connectivity index (χ2v) is 4.47. The lowest BCUT2D eigenvalue weighted by Crippen LogP contribution is -2.44. The summed E-state index contributed by atoms with van der Waals surface area (Å²) in [5, 5.41) is 0. The van der Waals surface area contributed by atoms with Crippen LogP contribution in [0, 0.1) is 23.2 Å². The van der Waals surface area contributed by atoms with Crippen molar-refractivity contribution >= 4 is 0 Å². The summed E-state index contributed by atoms with van der Waals surface area (Å²) in [5.41, 5.74) is 0.722. The predicted octanol–water partition coefficient (Wildman–Crippen LogP) is 2.69. The fourth-order valence-corrected chi connectivity index (χ4v) is 3.42. The topological polar surface area (TPSA) is 0 Å². The SMILES string of the molecule is CC1C2CCC1C2(C)C. The zero-order valence-electron chi connectivity index (χ0n) is 6.65. The van der Waals surface area contributed by atoms with Gasteiger partial charge in [0.15, 0.2) is 0 Å². The van der Waals surface area contributed by atoms with Crippen LogP contribution in [0.25, 0.3) is 0 Å². The van der Waals surface area contributed by atoms with Crippen LogP contribution in [-0.4, -0.2) is 0 Å². The minimum atomic E-state index is 0.722. The third-order valence-electron chi connectivity index (χ3n) is 3.97. The molecule has 0 spiro atoms. The number of hydrogen-bond donors (Lipinski definition) is 0. The molecule has 9 heavy (non-hydrogen) atoms. The Balaban J connectivity index is 2.23. The Morgan fingerprint density at radius 3 is 1.67 bits per heavy atom. The molecule has 0 nitrogen and oxygen atoms in total. The zero-order valence-corrected chi connectivity index (χ0v) is 6.65. The van der Waals surface area contributed by atoms with Crippen molar-refractivity contribution in [2.75, 3.05) is 0 Å². The Labute approximate surface area is 57.6 Å². The van der Waals surface area contributed by atoms with Gasteiger partial charge in [-0.25, -0.2) is 0 Å². The van der Waals surface area contributed by atoms with Crippen molar-refractivity contribution < 1.29 is 0 Å². The molecule has 0 radical (unpaired) electrons. The van der Waals surface area contributed by atoms with Crippen LogP contribution >= 0.6 is 0 Å². The predicted molar refractivity (Wildman–Crippen MR) is 39.2 cm³/mol. The van der Waals surface area contributed by atoms with Gasteiger partial charge in [-0.3, -0.25) is 0 Å². The summed E-state index contributed by atoms with van der Waals surface area (Å²) in [5.74, 6) is 3.20. The van der Waals surface area contributed by atoms with E-state index in [4.69, 9.17) is 0 Å². The lowest BCUT2D eigenvalue weighted by molar-refractivity contribution is -0.0215. The summed E-state index contributed by atoms with van der Waals surface area (Å²) in [6, 6.07) is 0. The normalized spacial score (nSPS) is 53.0. The van der Waals surface area contributed by atoms with Crippen LogP contribution < -0.4 is 0 Å². The van der Waals surface area contributed by atoms with Gasteiger partial charge < -0.3 is 0 Å². The van der Waals surface area contributed by atoms with Gasteiger partial charge in [-0.15, -0.1) is 0 Å². The number of fused-ring (bicyclic) bond motifs is 1. The van der Waals surface area contributed by atoms with E-state index in [0.29, 0.717) is 0 Å². The van der Waals surface area contributed by atoms with Gasteiger partial charge in [0, 0.05) is 0 Å². The summed E-state index contributed by atoms with van der Waals surface area (Å²) in [4.78, 5) is 0. The second-order valence-electron chi connectivity index (χ2n) is 4.47. The maximum atomic E-state index is 2.44. The molecular weight excluding hydrogens is 108 g/mol. The molecule has 0 amide bonds. The molecule has 2 unspecified atom stereocenters. The maximum absolute atomic E-state index is 2.44. The highest BCUT2D eigenvalue weighted by Gasteiger charge is 2.57. The van der Waals surface area contributed by atoms with Crippen molar-refractivity contribution in [3.05, 3.63) is 0 Å². The zero-order chi connectivity index (χ0) is 6.65. The number of rotatable bonds is 0. The Hall–Kier alpha value is 0. The molecule has 0 saturated heterocycles. The van der Waals surface area contributed by atoms with Gasteiger partial charge in [0.05, 0.1) is 0 Å². The van der Waals surface area contributed by atoms with E-state index in [-0.39, 0.29) is 0 Å². The van der Waals surface area contributed by atoms with Gasteiger partial charge in [-0.1, -0.05) is 20.8 Å². The van der Waals surface area contributed by atoms with Crippen LogP contribution in [0.15, 0.2) is 0 Å². The van der Waals surface area contributed by atoms with E-state index in [1.807, 2.05) is 0 Å². The van der Waals surface area contributed by atoms with E-state index in [9.17, 15) is 0 Å². The molecule has 0 aromatic heterocycles. The Kier molecular flexibility index (Phi) is 0.868. The fraction of sp³-hybridized carbons (Fsp3) is 1.00. The quantitative estimate of drug-likeness (QED) is 0.465. The van der Waals surface area contributed by atoms with E-state index in [1.165, 1.54) is 12.8 Å². The number of hydrogen-bond acceptors (Lipinski definition) is 0. The smallest absolute Gasteiger partial charge is 0.0292 e. The minimum Gasteiger partial charge on any atom is -0.0619 e. The van der Waals surface area contributed by atoms with Gasteiger partial charge in [0.2, 0.25) is 0 Å². The van der Waals surface area contributed by atoms with Crippen LogP contribution in [0.2, 0.25) is 0 Å². The van der Waals surface area contributed by atoms with Gasteiger partial charge in [0.1, 0.15) is 0 Å². The molecule has 2 atom stereocenters. The lowest BCUT2D eigenvalue weighted by atomic mass is 9.55. The largest absolute Gasteiger partial charge is 0.0619 e. The van der Waals surface area contributed by atoms with Gasteiger partial charge >= 0.3 is 0 Å².